The summed E-state index contributed by atoms with van der Waals surface area (Å²) in [6.07, 6.45) is -2.93. The van der Waals surface area contributed by atoms with Crippen molar-refractivity contribution in [2.45, 2.75) is 58.3 Å². The van der Waals surface area contributed by atoms with Gasteiger partial charge in [0.15, 0.2) is 0 Å². The van der Waals surface area contributed by atoms with E-state index in [0.29, 0.717) is 0 Å². The van der Waals surface area contributed by atoms with E-state index in [1.807, 2.05) is 18.2 Å². The number of alkyl halides is 3. The van der Waals surface area contributed by atoms with Crippen LogP contribution >= 0.6 is 0 Å². The van der Waals surface area contributed by atoms with Gasteiger partial charge in [0.25, 0.3) is 0 Å². The van der Waals surface area contributed by atoms with Crippen LogP contribution in [0, 0.1) is 5.41 Å². The van der Waals surface area contributed by atoms with E-state index in [1.165, 1.54) is 5.56 Å². The van der Waals surface area contributed by atoms with Crippen LogP contribution < -0.4 is 5.32 Å². The third-order valence-corrected chi connectivity index (χ3v) is 4.18. The van der Waals surface area contributed by atoms with E-state index in [9.17, 15) is 13.2 Å². The number of hydrogen-bond donors (Lipinski definition) is 1. The van der Waals surface area contributed by atoms with Gasteiger partial charge in [0.05, 0.1) is 6.42 Å². The standard InChI is InChI=1S/C16H22F3N/c1-11(10-16(17,18)19)20-14-13-7-5-4-6-12(13)8-9-15(14,2)3/h4-7,11,14,20H,8-10H2,1-3H3. The molecule has 2 rings (SSSR count). The van der Waals surface area contributed by atoms with E-state index in [2.05, 4.69) is 25.2 Å². The SMILES string of the molecule is CC(CC(F)(F)F)NC1c2ccccc2CCC1(C)C. The molecule has 0 saturated heterocycles. The number of nitrogens with one attached hydrogen (secondary N) is 1. The van der Waals surface area contributed by atoms with Crippen LogP contribution in [0.3, 0.4) is 0 Å². The van der Waals surface area contributed by atoms with Gasteiger partial charge in [-0.1, -0.05) is 38.1 Å². The Bertz CT molecular complexity index is 465. The van der Waals surface area contributed by atoms with Gasteiger partial charge in [-0.25, -0.2) is 0 Å². The van der Waals surface area contributed by atoms with Gasteiger partial charge in [0.1, 0.15) is 0 Å². The normalized spacial score (nSPS) is 23.2. The van der Waals surface area contributed by atoms with Crippen molar-refractivity contribution in [2.75, 3.05) is 0 Å². The smallest absolute Gasteiger partial charge is 0.307 e. The third kappa shape index (κ3) is 3.54. The lowest BCUT2D eigenvalue weighted by molar-refractivity contribution is -0.140. The highest BCUT2D eigenvalue weighted by Gasteiger charge is 2.38. The van der Waals surface area contributed by atoms with Gasteiger partial charge in [-0.2, -0.15) is 13.2 Å². The van der Waals surface area contributed by atoms with Crippen LogP contribution in [0.1, 0.15) is 50.8 Å². The molecule has 0 aliphatic heterocycles. The summed E-state index contributed by atoms with van der Waals surface area (Å²) in [6.45, 7) is 5.86. The summed E-state index contributed by atoms with van der Waals surface area (Å²) < 4.78 is 37.5. The maximum absolute atomic E-state index is 12.5. The summed E-state index contributed by atoms with van der Waals surface area (Å²) in [5.41, 5.74) is 2.37. The Kier molecular flexibility index (Phi) is 4.14. The lowest BCUT2D eigenvalue weighted by atomic mass is 9.70. The molecule has 1 aromatic rings. The Hall–Kier alpha value is -1.03. The molecular weight excluding hydrogens is 263 g/mol. The Labute approximate surface area is 118 Å². The van der Waals surface area contributed by atoms with Crippen molar-refractivity contribution in [3.63, 3.8) is 0 Å². The molecule has 20 heavy (non-hydrogen) atoms. The van der Waals surface area contributed by atoms with Gasteiger partial charge in [-0.3, -0.25) is 0 Å². The molecule has 1 aliphatic rings. The van der Waals surface area contributed by atoms with Crippen molar-refractivity contribution in [3.8, 4) is 0 Å². The monoisotopic (exact) mass is 285 g/mol. The predicted octanol–water partition coefficient (Wildman–Crippen LogP) is 4.63. The zero-order valence-corrected chi connectivity index (χ0v) is 12.2. The molecule has 4 heteroatoms. The number of hydrogen-bond acceptors (Lipinski definition) is 1. The molecule has 2 atom stereocenters. The van der Waals surface area contributed by atoms with Crippen molar-refractivity contribution in [1.82, 2.24) is 5.32 Å². The molecule has 0 saturated carbocycles. The average Bonchev–Trinajstić information content (AvgIpc) is 2.31. The van der Waals surface area contributed by atoms with Crippen LogP contribution in [-0.4, -0.2) is 12.2 Å². The molecule has 1 aliphatic carbocycles. The zero-order valence-electron chi connectivity index (χ0n) is 12.2. The summed E-state index contributed by atoms with van der Waals surface area (Å²) in [5, 5.41) is 3.20. The zero-order chi connectivity index (χ0) is 15.0. The number of aryl methyl sites for hydroxylation is 1. The first-order valence-corrected chi connectivity index (χ1v) is 7.10. The first-order valence-electron chi connectivity index (χ1n) is 7.10. The van der Waals surface area contributed by atoms with Gasteiger partial charge in [-0.15, -0.1) is 0 Å². The van der Waals surface area contributed by atoms with E-state index in [-0.39, 0.29) is 11.5 Å². The van der Waals surface area contributed by atoms with Crippen molar-refractivity contribution < 1.29 is 13.2 Å². The quantitative estimate of drug-likeness (QED) is 0.853. The van der Waals surface area contributed by atoms with E-state index in [1.54, 1.807) is 6.92 Å². The molecule has 0 bridgehead atoms. The molecule has 0 radical (unpaired) electrons. The van der Waals surface area contributed by atoms with E-state index >= 15 is 0 Å². The second kappa shape index (κ2) is 5.40. The minimum Gasteiger partial charge on any atom is -0.307 e. The Morgan fingerprint density at radius 3 is 2.60 bits per heavy atom. The minimum atomic E-state index is -4.12. The molecule has 0 aromatic heterocycles. The topological polar surface area (TPSA) is 12.0 Å². The average molecular weight is 285 g/mol. The van der Waals surface area contributed by atoms with E-state index < -0.39 is 18.6 Å². The van der Waals surface area contributed by atoms with Crippen LogP contribution in [-0.2, 0) is 6.42 Å². The van der Waals surface area contributed by atoms with Gasteiger partial charge in [0.2, 0.25) is 0 Å². The highest BCUT2D eigenvalue weighted by atomic mass is 19.4. The Balaban J connectivity index is 2.20. The number of rotatable bonds is 3. The third-order valence-electron chi connectivity index (χ3n) is 4.18. The molecular formula is C16H22F3N. The maximum Gasteiger partial charge on any atom is 0.390 e. The summed E-state index contributed by atoms with van der Waals surface area (Å²) in [7, 11) is 0. The molecule has 1 N–H and O–H groups in total. The van der Waals surface area contributed by atoms with E-state index in [4.69, 9.17) is 0 Å². The summed E-state index contributed by atoms with van der Waals surface area (Å²) >= 11 is 0. The minimum absolute atomic E-state index is 0.0233. The summed E-state index contributed by atoms with van der Waals surface area (Å²) in [5.74, 6) is 0. The second-order valence-electron chi connectivity index (χ2n) is 6.51. The molecule has 1 nitrogen and oxygen atoms in total. The molecule has 0 heterocycles. The lowest BCUT2D eigenvalue weighted by Gasteiger charge is -2.42. The fourth-order valence-electron chi connectivity index (χ4n) is 3.07. The highest BCUT2D eigenvalue weighted by molar-refractivity contribution is 5.34. The largest absolute Gasteiger partial charge is 0.390 e. The fraction of sp³-hybridized carbons (Fsp3) is 0.625. The Morgan fingerprint density at radius 2 is 1.95 bits per heavy atom. The second-order valence-corrected chi connectivity index (χ2v) is 6.51. The number of benzene rings is 1. The van der Waals surface area contributed by atoms with Crippen LogP contribution in [0.5, 0.6) is 0 Å². The van der Waals surface area contributed by atoms with Crippen molar-refractivity contribution in [3.05, 3.63) is 35.4 Å². The molecule has 112 valence electrons. The fourth-order valence-corrected chi connectivity index (χ4v) is 3.07. The van der Waals surface area contributed by atoms with Crippen LogP contribution in [0.25, 0.3) is 0 Å². The molecule has 2 unspecified atom stereocenters. The lowest BCUT2D eigenvalue weighted by Crippen LogP contribution is -2.43. The summed E-state index contributed by atoms with van der Waals surface area (Å²) in [6, 6.07) is 7.47. The van der Waals surface area contributed by atoms with E-state index in [0.717, 1.165) is 18.4 Å². The predicted molar refractivity (Wildman–Crippen MR) is 74.6 cm³/mol. The highest BCUT2D eigenvalue weighted by Crippen LogP contribution is 2.43. The summed E-state index contributed by atoms with van der Waals surface area (Å²) in [4.78, 5) is 0. The Morgan fingerprint density at radius 1 is 1.30 bits per heavy atom. The number of fused-ring (bicyclic) bond motifs is 1. The van der Waals surface area contributed by atoms with Gasteiger partial charge in [0, 0.05) is 12.1 Å². The molecule has 0 spiro atoms. The first kappa shape index (κ1) is 15.4. The van der Waals surface area contributed by atoms with Gasteiger partial charge >= 0.3 is 6.18 Å². The first-order chi connectivity index (χ1) is 9.19. The van der Waals surface area contributed by atoms with Crippen LogP contribution in [0.4, 0.5) is 13.2 Å². The van der Waals surface area contributed by atoms with Crippen molar-refractivity contribution in [2.24, 2.45) is 5.41 Å². The molecule has 1 aromatic carbocycles. The molecule has 0 amide bonds. The number of halogens is 3. The van der Waals surface area contributed by atoms with Gasteiger partial charge in [-0.05, 0) is 36.3 Å². The van der Waals surface area contributed by atoms with Crippen molar-refractivity contribution >= 4 is 0 Å². The van der Waals surface area contributed by atoms with Crippen LogP contribution in [0.15, 0.2) is 24.3 Å². The van der Waals surface area contributed by atoms with Crippen LogP contribution in [0.2, 0.25) is 0 Å². The van der Waals surface area contributed by atoms with Crippen molar-refractivity contribution in [1.29, 1.82) is 0 Å². The maximum atomic E-state index is 12.5. The van der Waals surface area contributed by atoms with Gasteiger partial charge < -0.3 is 5.32 Å². The molecule has 0 fully saturated rings.